The summed E-state index contributed by atoms with van der Waals surface area (Å²) < 4.78 is 11.0. The molecule has 2 rings (SSSR count). The van der Waals surface area contributed by atoms with E-state index >= 15 is 0 Å². The minimum absolute atomic E-state index is 0.202. The summed E-state index contributed by atoms with van der Waals surface area (Å²) in [6.07, 6.45) is 5.03. The van der Waals surface area contributed by atoms with Crippen LogP contribution in [0.25, 0.3) is 0 Å². The van der Waals surface area contributed by atoms with E-state index in [4.69, 9.17) is 9.47 Å². The van der Waals surface area contributed by atoms with Gasteiger partial charge in [-0.25, -0.2) is 9.78 Å². The van der Waals surface area contributed by atoms with Crippen molar-refractivity contribution in [3.05, 3.63) is 47.3 Å². The summed E-state index contributed by atoms with van der Waals surface area (Å²) in [4.78, 5) is 34.3. The van der Waals surface area contributed by atoms with E-state index in [1.165, 1.54) is 11.3 Å². The number of nitrogens with one attached hydrogen (secondary N) is 1. The third-order valence-corrected chi connectivity index (χ3v) is 5.52. The molecule has 0 aliphatic carbocycles. The molecule has 0 aromatic carbocycles. The molecule has 10 heteroatoms. The minimum Gasteiger partial charge on any atom is -0.444 e. The molecule has 1 saturated heterocycles. The van der Waals surface area contributed by atoms with Crippen molar-refractivity contribution in [3.8, 4) is 0 Å². The average Bonchev–Trinajstić information content (AvgIpc) is 3.16. The molecular formula is C22H33BN4O4S. The Balaban J connectivity index is 2.20. The number of rotatable bonds is 7. The molecule has 174 valence electrons. The van der Waals surface area contributed by atoms with Crippen molar-refractivity contribution in [3.63, 3.8) is 0 Å². The van der Waals surface area contributed by atoms with E-state index in [-0.39, 0.29) is 18.0 Å². The second-order valence-corrected chi connectivity index (χ2v) is 9.49. The largest absolute Gasteiger partial charge is 0.444 e. The third kappa shape index (κ3) is 6.96. The summed E-state index contributed by atoms with van der Waals surface area (Å²) in [5, 5.41) is 4.70. The smallest absolute Gasteiger partial charge is 0.410 e. The van der Waals surface area contributed by atoms with E-state index in [9.17, 15) is 9.59 Å². The maximum atomic E-state index is 12.7. The molecule has 0 radical (unpaired) electrons. The lowest BCUT2D eigenvalue weighted by Gasteiger charge is -2.43. The van der Waals surface area contributed by atoms with Crippen molar-refractivity contribution < 1.29 is 19.1 Å². The summed E-state index contributed by atoms with van der Waals surface area (Å²) in [6, 6.07) is -0.202. The number of nitrogens with zero attached hydrogens (tertiary/aromatic N) is 3. The molecule has 1 aliphatic rings. The molecule has 2 amide bonds. The van der Waals surface area contributed by atoms with Crippen LogP contribution in [0.5, 0.6) is 0 Å². The number of methoxy groups -OCH3 is 1. The quantitative estimate of drug-likeness (QED) is 0.493. The van der Waals surface area contributed by atoms with E-state index < -0.39 is 5.60 Å². The first-order valence-electron chi connectivity index (χ1n) is 10.6. The van der Waals surface area contributed by atoms with E-state index in [1.54, 1.807) is 23.5 Å². The number of piperazine rings is 1. The topological polar surface area (TPSA) is 84.0 Å². The molecule has 2 heterocycles. The van der Waals surface area contributed by atoms with E-state index in [1.807, 2.05) is 47.7 Å². The van der Waals surface area contributed by atoms with Crippen molar-refractivity contribution in [1.82, 2.24) is 20.1 Å². The molecular weight excluding hydrogens is 427 g/mol. The van der Waals surface area contributed by atoms with Gasteiger partial charge in [0.1, 0.15) is 11.3 Å². The van der Waals surface area contributed by atoms with E-state index in [2.05, 4.69) is 21.8 Å². The van der Waals surface area contributed by atoms with Crippen molar-refractivity contribution in [2.45, 2.75) is 39.3 Å². The van der Waals surface area contributed by atoms with Gasteiger partial charge in [0, 0.05) is 37.0 Å². The van der Waals surface area contributed by atoms with Crippen LogP contribution in [0.4, 0.5) is 4.79 Å². The predicted octanol–water partition coefficient (Wildman–Crippen LogP) is 1.67. The SMILES string of the molecule is Bc1nc(C(=O)NC(=C/C)/C(=C\C=C)N2CCN(C(=O)OC(C)(C)C)[C@@H](COC)C2)cs1. The van der Waals surface area contributed by atoms with Gasteiger partial charge in [-0.3, -0.25) is 9.69 Å². The summed E-state index contributed by atoms with van der Waals surface area (Å²) in [5.74, 6) is -0.266. The highest BCUT2D eigenvalue weighted by molar-refractivity contribution is 7.17. The molecule has 1 aromatic heterocycles. The van der Waals surface area contributed by atoms with Crippen LogP contribution in [0.2, 0.25) is 0 Å². The number of hydrogen-bond acceptors (Lipinski definition) is 7. The number of thiazole rings is 1. The highest BCUT2D eigenvalue weighted by atomic mass is 32.1. The highest BCUT2D eigenvalue weighted by Gasteiger charge is 2.34. The number of allylic oxidation sites excluding steroid dienone is 3. The molecule has 1 N–H and O–H groups in total. The Morgan fingerprint density at radius 2 is 2.12 bits per heavy atom. The van der Waals surface area contributed by atoms with Crippen molar-refractivity contribution >= 4 is 36.1 Å². The number of hydrogen-bond donors (Lipinski definition) is 1. The Bertz CT molecular complexity index is 891. The van der Waals surface area contributed by atoms with Crippen LogP contribution < -0.4 is 10.2 Å². The molecule has 1 aliphatic heterocycles. The zero-order valence-electron chi connectivity index (χ0n) is 19.8. The van der Waals surface area contributed by atoms with Gasteiger partial charge in [-0.15, -0.1) is 11.3 Å². The fourth-order valence-corrected chi connectivity index (χ4v) is 3.98. The van der Waals surface area contributed by atoms with Gasteiger partial charge in [-0.1, -0.05) is 18.7 Å². The molecule has 1 atom stereocenters. The Labute approximate surface area is 195 Å². The molecule has 1 fully saturated rings. The van der Waals surface area contributed by atoms with Crippen LogP contribution in [0, 0.1) is 0 Å². The van der Waals surface area contributed by atoms with Gasteiger partial charge in [-0.05, 0) is 33.8 Å². The standard InChI is InChI=1S/C22H33BN4O4S/c1-7-9-18(16(8-2)24-19(28)17-14-32-20(23)25-17)26-10-11-27(15(12-26)13-30-6)21(29)31-22(3,4)5/h7-9,14-15H,1,10-13,23H2,2-6H3,(H,24,28)/b16-8+,18-9+/t15-/m1/s1. The summed E-state index contributed by atoms with van der Waals surface area (Å²) in [7, 11) is 3.47. The van der Waals surface area contributed by atoms with E-state index in [0.717, 1.165) is 10.6 Å². The summed E-state index contributed by atoms with van der Waals surface area (Å²) >= 11 is 1.43. The van der Waals surface area contributed by atoms with Gasteiger partial charge in [0.15, 0.2) is 7.85 Å². The van der Waals surface area contributed by atoms with Crippen molar-refractivity contribution in [1.29, 1.82) is 0 Å². The molecule has 1 aromatic rings. The van der Waals surface area contributed by atoms with Crippen LogP contribution in [-0.4, -0.2) is 79.6 Å². The van der Waals surface area contributed by atoms with Gasteiger partial charge in [0.2, 0.25) is 0 Å². The predicted molar refractivity (Wildman–Crippen MR) is 130 cm³/mol. The molecule has 0 bridgehead atoms. The van der Waals surface area contributed by atoms with Crippen LogP contribution >= 0.6 is 11.3 Å². The number of ether oxygens (including phenoxy) is 2. The zero-order valence-corrected chi connectivity index (χ0v) is 20.6. The lowest BCUT2D eigenvalue weighted by molar-refractivity contribution is -0.0115. The van der Waals surface area contributed by atoms with Crippen molar-refractivity contribution in [2.75, 3.05) is 33.4 Å². The summed E-state index contributed by atoms with van der Waals surface area (Å²) in [5.41, 5.74) is 1.28. The average molecular weight is 460 g/mol. The van der Waals surface area contributed by atoms with Gasteiger partial charge in [0.05, 0.1) is 24.0 Å². The fraction of sp³-hybridized carbons (Fsp3) is 0.500. The Hall–Kier alpha value is -2.59. The first-order valence-corrected chi connectivity index (χ1v) is 11.4. The van der Waals surface area contributed by atoms with Crippen LogP contribution in [0.1, 0.15) is 38.2 Å². The highest BCUT2D eigenvalue weighted by Crippen LogP contribution is 2.22. The number of carbonyl (C=O) groups is 2. The van der Waals surface area contributed by atoms with Crippen molar-refractivity contribution in [2.24, 2.45) is 0 Å². The second kappa shape index (κ2) is 11.3. The monoisotopic (exact) mass is 460 g/mol. The first-order chi connectivity index (χ1) is 15.1. The molecule has 8 nitrogen and oxygen atoms in total. The second-order valence-electron chi connectivity index (χ2n) is 8.42. The Morgan fingerprint density at radius 1 is 1.41 bits per heavy atom. The maximum Gasteiger partial charge on any atom is 0.410 e. The van der Waals surface area contributed by atoms with Gasteiger partial charge >= 0.3 is 6.09 Å². The van der Waals surface area contributed by atoms with Crippen LogP contribution in [-0.2, 0) is 9.47 Å². The molecule has 0 saturated carbocycles. The Kier molecular flexibility index (Phi) is 9.09. The third-order valence-electron chi connectivity index (χ3n) is 4.75. The van der Waals surface area contributed by atoms with Gasteiger partial charge in [-0.2, -0.15) is 0 Å². The number of carbonyl (C=O) groups excluding carboxylic acids is 2. The van der Waals surface area contributed by atoms with Gasteiger partial charge in [0.25, 0.3) is 5.91 Å². The minimum atomic E-state index is -0.573. The fourth-order valence-electron chi connectivity index (χ4n) is 3.39. The lowest BCUT2D eigenvalue weighted by Crippen LogP contribution is -2.57. The lowest BCUT2D eigenvalue weighted by atomic mass is 10.1. The Morgan fingerprint density at radius 3 is 2.66 bits per heavy atom. The molecule has 0 spiro atoms. The maximum absolute atomic E-state index is 12.7. The van der Waals surface area contributed by atoms with E-state index in [0.29, 0.717) is 37.6 Å². The number of aromatic nitrogens is 1. The molecule has 0 unspecified atom stereocenters. The van der Waals surface area contributed by atoms with Crippen LogP contribution in [0.15, 0.2) is 41.6 Å². The zero-order chi connectivity index (χ0) is 23.9. The molecule has 32 heavy (non-hydrogen) atoms. The van der Waals surface area contributed by atoms with Crippen LogP contribution in [0.3, 0.4) is 0 Å². The first kappa shape index (κ1) is 25.7. The number of amides is 2. The summed E-state index contributed by atoms with van der Waals surface area (Å²) in [6.45, 7) is 13.2. The normalized spacial score (nSPS) is 17.8. The van der Waals surface area contributed by atoms with Gasteiger partial charge < -0.3 is 19.7 Å².